The van der Waals surface area contributed by atoms with Gasteiger partial charge in [-0.2, -0.15) is 0 Å². The van der Waals surface area contributed by atoms with Gasteiger partial charge in [0, 0.05) is 36.0 Å². The number of benzene rings is 1. The summed E-state index contributed by atoms with van der Waals surface area (Å²) in [6.07, 6.45) is 1.82. The fourth-order valence-corrected chi connectivity index (χ4v) is 3.58. The molecule has 2 heterocycles. The van der Waals surface area contributed by atoms with E-state index in [-0.39, 0.29) is 29.7 Å². The molecule has 1 atom stereocenters. The first-order chi connectivity index (χ1) is 12.9. The number of nitrogens with one attached hydrogen (secondary N) is 2. The maximum atomic E-state index is 13.9. The van der Waals surface area contributed by atoms with E-state index in [4.69, 9.17) is 0 Å². The van der Waals surface area contributed by atoms with Gasteiger partial charge in [0.2, 0.25) is 5.91 Å². The monoisotopic (exact) mass is 372 g/mol. The summed E-state index contributed by atoms with van der Waals surface area (Å²) < 4.78 is 13.9. The van der Waals surface area contributed by atoms with E-state index in [0.29, 0.717) is 35.7 Å². The lowest BCUT2D eigenvalue weighted by Gasteiger charge is -2.33. The van der Waals surface area contributed by atoms with E-state index in [0.717, 1.165) is 19.4 Å². The molecule has 1 aromatic heterocycles. The summed E-state index contributed by atoms with van der Waals surface area (Å²) in [7, 11) is 0. The highest BCUT2D eigenvalue weighted by atomic mass is 19.1. The van der Waals surface area contributed by atoms with Gasteiger partial charge < -0.3 is 10.3 Å². The topological polar surface area (TPSA) is 78.1 Å². The van der Waals surface area contributed by atoms with Crippen LogP contribution in [0.5, 0.6) is 0 Å². The highest BCUT2D eigenvalue weighted by molar-refractivity contribution is 5.79. The second-order valence-electron chi connectivity index (χ2n) is 7.13. The molecule has 27 heavy (non-hydrogen) atoms. The van der Waals surface area contributed by atoms with Gasteiger partial charge in [-0.15, -0.1) is 0 Å². The minimum Gasteiger partial charge on any atom is -0.352 e. The summed E-state index contributed by atoms with van der Waals surface area (Å²) in [6.45, 7) is 5.52. The van der Waals surface area contributed by atoms with Crippen LogP contribution in [0.1, 0.15) is 35.5 Å². The average molecular weight is 372 g/mol. The molecule has 3 rings (SSSR count). The van der Waals surface area contributed by atoms with Gasteiger partial charge in [-0.05, 0) is 39.3 Å². The normalized spacial score (nSPS) is 17.7. The van der Waals surface area contributed by atoms with E-state index in [9.17, 15) is 14.0 Å². The van der Waals surface area contributed by atoms with Gasteiger partial charge in [-0.25, -0.2) is 9.37 Å². The van der Waals surface area contributed by atoms with Crippen LogP contribution in [0.4, 0.5) is 4.39 Å². The number of aryl methyl sites for hydroxylation is 2. The van der Waals surface area contributed by atoms with Crippen molar-refractivity contribution < 1.29 is 9.18 Å². The number of aromatic amines is 1. The van der Waals surface area contributed by atoms with Gasteiger partial charge in [0.1, 0.15) is 11.6 Å². The number of rotatable bonds is 5. The summed E-state index contributed by atoms with van der Waals surface area (Å²) in [5, 5.41) is 3.01. The molecule has 2 aromatic rings. The lowest BCUT2D eigenvalue weighted by Crippen LogP contribution is -2.48. The molecule has 1 fully saturated rings. The summed E-state index contributed by atoms with van der Waals surface area (Å²) in [6, 6.07) is 6.76. The van der Waals surface area contributed by atoms with Crippen molar-refractivity contribution in [1.82, 2.24) is 20.2 Å². The molecular formula is C20H25FN4O2. The molecule has 0 aliphatic carbocycles. The molecule has 0 spiro atoms. The Morgan fingerprint density at radius 1 is 1.37 bits per heavy atom. The number of halogens is 1. The van der Waals surface area contributed by atoms with E-state index in [1.54, 1.807) is 26.0 Å². The first-order valence-electron chi connectivity index (χ1n) is 9.24. The van der Waals surface area contributed by atoms with Crippen LogP contribution in [0.3, 0.4) is 0 Å². The Labute approximate surface area is 157 Å². The summed E-state index contributed by atoms with van der Waals surface area (Å²) >= 11 is 0. The van der Waals surface area contributed by atoms with E-state index in [1.807, 2.05) is 6.07 Å². The number of piperidine rings is 1. The molecule has 144 valence electrons. The Morgan fingerprint density at radius 2 is 2.15 bits per heavy atom. The Morgan fingerprint density at radius 3 is 2.89 bits per heavy atom. The van der Waals surface area contributed by atoms with Crippen LogP contribution in [-0.2, 0) is 17.8 Å². The standard InChI is InChI=1S/C20H25FN4O2/c1-13-17(20(27)23-14(2)22-13)10-19(26)24-16-7-5-9-25(12-16)11-15-6-3-4-8-18(15)21/h3-4,6,8,16H,5,7,9-12H2,1-2H3,(H,24,26)(H,22,23,27). The maximum Gasteiger partial charge on any atom is 0.254 e. The highest BCUT2D eigenvalue weighted by Gasteiger charge is 2.23. The first kappa shape index (κ1) is 19.2. The largest absolute Gasteiger partial charge is 0.352 e. The first-order valence-corrected chi connectivity index (χ1v) is 9.24. The molecule has 1 aromatic carbocycles. The summed E-state index contributed by atoms with van der Waals surface area (Å²) in [4.78, 5) is 33.5. The smallest absolute Gasteiger partial charge is 0.254 e. The predicted octanol–water partition coefficient (Wildman–Crippen LogP) is 1.85. The average Bonchev–Trinajstić information content (AvgIpc) is 2.60. The third-order valence-electron chi connectivity index (χ3n) is 4.90. The van der Waals surface area contributed by atoms with Crippen molar-refractivity contribution in [3.8, 4) is 0 Å². The quantitative estimate of drug-likeness (QED) is 0.840. The Kier molecular flexibility index (Phi) is 6.01. The van der Waals surface area contributed by atoms with E-state index in [1.165, 1.54) is 6.07 Å². The van der Waals surface area contributed by atoms with Crippen molar-refractivity contribution >= 4 is 5.91 Å². The van der Waals surface area contributed by atoms with E-state index < -0.39 is 0 Å². The second kappa shape index (κ2) is 8.43. The summed E-state index contributed by atoms with van der Waals surface area (Å²) in [5.74, 6) is 0.148. The number of hydrogen-bond acceptors (Lipinski definition) is 4. The molecule has 0 radical (unpaired) electrons. The third-order valence-corrected chi connectivity index (χ3v) is 4.90. The fraction of sp³-hybridized carbons (Fsp3) is 0.450. The van der Waals surface area contributed by atoms with Gasteiger partial charge >= 0.3 is 0 Å². The van der Waals surface area contributed by atoms with Crippen LogP contribution in [0.25, 0.3) is 0 Å². The zero-order valence-corrected chi connectivity index (χ0v) is 15.7. The Bertz CT molecular complexity index is 881. The SMILES string of the molecule is Cc1nc(C)c(CC(=O)NC2CCCN(Cc3ccccc3F)C2)c(=O)[nH]1. The molecule has 1 amide bonds. The van der Waals surface area contributed by atoms with Crippen molar-refractivity contribution in [3.63, 3.8) is 0 Å². The van der Waals surface area contributed by atoms with Crippen LogP contribution in [0.15, 0.2) is 29.1 Å². The maximum absolute atomic E-state index is 13.9. The summed E-state index contributed by atoms with van der Waals surface area (Å²) in [5.41, 5.74) is 1.38. The van der Waals surface area contributed by atoms with Gasteiger partial charge in [0.05, 0.1) is 6.42 Å². The molecule has 1 unspecified atom stereocenters. The molecule has 6 nitrogen and oxygen atoms in total. The minimum absolute atomic E-state index is 0.00387. The molecule has 2 N–H and O–H groups in total. The van der Waals surface area contributed by atoms with Crippen molar-refractivity contribution in [2.75, 3.05) is 13.1 Å². The number of amides is 1. The molecule has 1 saturated heterocycles. The molecule has 0 saturated carbocycles. The van der Waals surface area contributed by atoms with Crippen LogP contribution < -0.4 is 10.9 Å². The van der Waals surface area contributed by atoms with E-state index >= 15 is 0 Å². The molecule has 1 aliphatic heterocycles. The van der Waals surface area contributed by atoms with Gasteiger partial charge in [-0.1, -0.05) is 18.2 Å². The number of carbonyl (C=O) groups is 1. The lowest BCUT2D eigenvalue weighted by atomic mass is 10.0. The van der Waals surface area contributed by atoms with Crippen LogP contribution >= 0.6 is 0 Å². The van der Waals surface area contributed by atoms with Gasteiger partial charge in [0.15, 0.2) is 0 Å². The zero-order chi connectivity index (χ0) is 19.4. The van der Waals surface area contributed by atoms with Crippen molar-refractivity contribution in [2.24, 2.45) is 0 Å². The number of hydrogen-bond donors (Lipinski definition) is 2. The molecule has 7 heteroatoms. The van der Waals surface area contributed by atoms with Crippen LogP contribution in [-0.4, -0.2) is 39.9 Å². The number of likely N-dealkylation sites (tertiary alicyclic amines) is 1. The highest BCUT2D eigenvalue weighted by Crippen LogP contribution is 2.16. The minimum atomic E-state index is -0.264. The lowest BCUT2D eigenvalue weighted by molar-refractivity contribution is -0.121. The number of nitrogens with zero attached hydrogens (tertiary/aromatic N) is 2. The van der Waals surface area contributed by atoms with Gasteiger partial charge in [0.25, 0.3) is 5.56 Å². The van der Waals surface area contributed by atoms with Gasteiger partial charge in [-0.3, -0.25) is 14.5 Å². The number of aromatic nitrogens is 2. The number of H-pyrrole nitrogens is 1. The molecular weight excluding hydrogens is 347 g/mol. The van der Waals surface area contributed by atoms with Crippen molar-refractivity contribution in [3.05, 3.63) is 63.1 Å². The fourth-order valence-electron chi connectivity index (χ4n) is 3.58. The van der Waals surface area contributed by atoms with Crippen molar-refractivity contribution in [1.29, 1.82) is 0 Å². The third kappa shape index (κ3) is 5.01. The second-order valence-corrected chi connectivity index (χ2v) is 7.13. The number of carbonyl (C=O) groups excluding carboxylic acids is 1. The molecule has 1 aliphatic rings. The van der Waals surface area contributed by atoms with Crippen molar-refractivity contribution in [2.45, 2.75) is 45.7 Å². The Balaban J connectivity index is 1.58. The Hall–Kier alpha value is -2.54. The van der Waals surface area contributed by atoms with Crippen LogP contribution in [0.2, 0.25) is 0 Å². The van der Waals surface area contributed by atoms with Crippen LogP contribution in [0, 0.1) is 19.7 Å². The predicted molar refractivity (Wildman–Crippen MR) is 101 cm³/mol. The molecule has 0 bridgehead atoms. The van der Waals surface area contributed by atoms with E-state index in [2.05, 4.69) is 20.2 Å². The zero-order valence-electron chi connectivity index (χ0n) is 15.7.